The minimum Gasteiger partial charge on any atom is -0.377 e. The van der Waals surface area contributed by atoms with Gasteiger partial charge in [-0.05, 0) is 19.3 Å². The molecule has 0 spiro atoms. The average molecular weight is 342 g/mol. The molecule has 134 valence electrons. The number of nitrogens with one attached hydrogen (secondary N) is 1. The van der Waals surface area contributed by atoms with E-state index >= 15 is 0 Å². The van der Waals surface area contributed by atoms with Crippen LogP contribution in [0, 0.1) is 0 Å². The van der Waals surface area contributed by atoms with Crippen LogP contribution in [0.3, 0.4) is 0 Å². The molecule has 4 rings (SSSR count). The van der Waals surface area contributed by atoms with E-state index in [0.717, 1.165) is 61.8 Å². The maximum atomic E-state index is 5.97. The van der Waals surface area contributed by atoms with Crippen LogP contribution in [0.15, 0.2) is 6.07 Å². The van der Waals surface area contributed by atoms with Gasteiger partial charge < -0.3 is 15.4 Å². The van der Waals surface area contributed by atoms with Crippen LogP contribution in [0.2, 0.25) is 0 Å². The SMILES string of the molecule is CCc1n[nH]c2c1CN(c1cc(C3CC(N)C3)nc(COC)n1)CC2. The third kappa shape index (κ3) is 3.14. The maximum Gasteiger partial charge on any atom is 0.156 e. The molecule has 0 radical (unpaired) electrons. The minimum absolute atomic E-state index is 0.310. The summed E-state index contributed by atoms with van der Waals surface area (Å²) in [4.78, 5) is 11.8. The van der Waals surface area contributed by atoms with Crippen LogP contribution < -0.4 is 10.6 Å². The molecular formula is C18H26N6O. The fraction of sp³-hybridized carbons (Fsp3) is 0.611. The van der Waals surface area contributed by atoms with E-state index in [1.165, 1.54) is 11.3 Å². The number of fused-ring (bicyclic) bond motifs is 1. The summed E-state index contributed by atoms with van der Waals surface area (Å²) in [5.41, 5.74) is 10.8. The van der Waals surface area contributed by atoms with Crippen LogP contribution in [0.1, 0.15) is 54.2 Å². The molecular weight excluding hydrogens is 316 g/mol. The highest BCUT2D eigenvalue weighted by atomic mass is 16.5. The Morgan fingerprint density at radius 1 is 1.36 bits per heavy atom. The van der Waals surface area contributed by atoms with Gasteiger partial charge in [0.05, 0.1) is 5.69 Å². The van der Waals surface area contributed by atoms with E-state index < -0.39 is 0 Å². The molecule has 7 nitrogen and oxygen atoms in total. The van der Waals surface area contributed by atoms with E-state index in [4.69, 9.17) is 20.4 Å². The van der Waals surface area contributed by atoms with Crippen LogP contribution in [0.4, 0.5) is 5.82 Å². The lowest BCUT2D eigenvalue weighted by atomic mass is 9.78. The van der Waals surface area contributed by atoms with Gasteiger partial charge in [0, 0.05) is 61.6 Å². The monoisotopic (exact) mass is 342 g/mol. The summed E-state index contributed by atoms with van der Waals surface area (Å²) >= 11 is 0. The average Bonchev–Trinajstić information content (AvgIpc) is 3.01. The zero-order chi connectivity index (χ0) is 17.4. The van der Waals surface area contributed by atoms with Crippen LogP contribution in [0.5, 0.6) is 0 Å². The van der Waals surface area contributed by atoms with Crippen molar-refractivity contribution in [2.24, 2.45) is 5.73 Å². The first-order valence-corrected chi connectivity index (χ1v) is 9.10. The number of rotatable bonds is 5. The van der Waals surface area contributed by atoms with Gasteiger partial charge in [-0.2, -0.15) is 5.10 Å². The Bertz CT molecular complexity index is 739. The van der Waals surface area contributed by atoms with Crippen LogP contribution >= 0.6 is 0 Å². The third-order valence-electron chi connectivity index (χ3n) is 5.32. The van der Waals surface area contributed by atoms with E-state index in [-0.39, 0.29) is 0 Å². The third-order valence-corrected chi connectivity index (χ3v) is 5.32. The second kappa shape index (κ2) is 6.72. The van der Waals surface area contributed by atoms with Gasteiger partial charge in [0.25, 0.3) is 0 Å². The molecule has 0 bridgehead atoms. The van der Waals surface area contributed by atoms with Crippen molar-refractivity contribution in [2.45, 2.75) is 57.7 Å². The van der Waals surface area contributed by atoms with Crippen molar-refractivity contribution in [1.82, 2.24) is 20.2 Å². The molecule has 1 aliphatic heterocycles. The van der Waals surface area contributed by atoms with Crippen LogP contribution in [0.25, 0.3) is 0 Å². The van der Waals surface area contributed by atoms with Crippen molar-refractivity contribution in [3.8, 4) is 0 Å². The second-order valence-corrected chi connectivity index (χ2v) is 7.08. The number of H-pyrrole nitrogens is 1. The number of methoxy groups -OCH3 is 1. The van der Waals surface area contributed by atoms with E-state index in [9.17, 15) is 0 Å². The summed E-state index contributed by atoms with van der Waals surface area (Å²) in [5.74, 6) is 2.20. The van der Waals surface area contributed by atoms with Crippen molar-refractivity contribution in [3.05, 3.63) is 34.5 Å². The highest BCUT2D eigenvalue weighted by Gasteiger charge is 2.30. The Hall–Kier alpha value is -1.99. The Kier molecular flexibility index (Phi) is 4.43. The number of ether oxygens (including phenoxy) is 1. The van der Waals surface area contributed by atoms with E-state index in [0.29, 0.717) is 18.6 Å². The predicted octanol–water partition coefficient (Wildman–Crippen LogP) is 1.68. The van der Waals surface area contributed by atoms with Crippen molar-refractivity contribution < 1.29 is 4.74 Å². The number of anilines is 1. The minimum atomic E-state index is 0.310. The van der Waals surface area contributed by atoms with Gasteiger partial charge in [0.1, 0.15) is 12.4 Å². The quantitative estimate of drug-likeness (QED) is 0.859. The Labute approximate surface area is 148 Å². The number of aromatic nitrogens is 4. The molecule has 1 saturated carbocycles. The van der Waals surface area contributed by atoms with Crippen molar-refractivity contribution in [3.63, 3.8) is 0 Å². The lowest BCUT2D eigenvalue weighted by Gasteiger charge is -2.33. The van der Waals surface area contributed by atoms with Crippen molar-refractivity contribution in [2.75, 3.05) is 18.6 Å². The summed E-state index contributed by atoms with van der Waals surface area (Å²) in [6.45, 7) is 4.37. The molecule has 0 amide bonds. The molecule has 3 heterocycles. The number of hydrogen-bond acceptors (Lipinski definition) is 6. The smallest absolute Gasteiger partial charge is 0.156 e. The molecule has 0 unspecified atom stereocenters. The van der Waals surface area contributed by atoms with Gasteiger partial charge in [-0.15, -0.1) is 0 Å². The molecule has 2 aromatic heterocycles. The molecule has 25 heavy (non-hydrogen) atoms. The van der Waals surface area contributed by atoms with Gasteiger partial charge in [-0.3, -0.25) is 5.10 Å². The van der Waals surface area contributed by atoms with Crippen molar-refractivity contribution >= 4 is 5.82 Å². The molecule has 2 aliphatic rings. The Morgan fingerprint density at radius 2 is 2.20 bits per heavy atom. The first kappa shape index (κ1) is 16.5. The molecule has 3 N–H and O–H groups in total. The van der Waals surface area contributed by atoms with Gasteiger partial charge in [0.2, 0.25) is 0 Å². The zero-order valence-corrected chi connectivity index (χ0v) is 15.0. The maximum absolute atomic E-state index is 5.97. The molecule has 0 atom stereocenters. The first-order chi connectivity index (χ1) is 12.2. The largest absolute Gasteiger partial charge is 0.377 e. The fourth-order valence-corrected chi connectivity index (χ4v) is 3.81. The summed E-state index contributed by atoms with van der Waals surface area (Å²) in [7, 11) is 1.68. The van der Waals surface area contributed by atoms with Gasteiger partial charge in [-0.1, -0.05) is 6.92 Å². The molecule has 2 aromatic rings. The Balaban J connectivity index is 1.63. The second-order valence-electron chi connectivity index (χ2n) is 7.08. The van der Waals surface area contributed by atoms with Gasteiger partial charge in [0.15, 0.2) is 5.82 Å². The number of aromatic amines is 1. The number of nitrogens with two attached hydrogens (primary N) is 1. The topological polar surface area (TPSA) is 93.0 Å². The summed E-state index contributed by atoms with van der Waals surface area (Å²) in [5, 5.41) is 7.64. The van der Waals surface area contributed by atoms with Crippen LogP contribution in [-0.4, -0.2) is 39.9 Å². The van der Waals surface area contributed by atoms with Gasteiger partial charge >= 0.3 is 0 Å². The molecule has 0 aromatic carbocycles. The van der Waals surface area contributed by atoms with E-state index in [1.807, 2.05) is 0 Å². The molecule has 0 saturated heterocycles. The van der Waals surface area contributed by atoms with E-state index in [2.05, 4.69) is 28.1 Å². The molecule has 1 fully saturated rings. The summed E-state index contributed by atoms with van der Waals surface area (Å²) in [6.07, 6.45) is 3.93. The van der Waals surface area contributed by atoms with Crippen LogP contribution in [-0.2, 0) is 30.7 Å². The summed E-state index contributed by atoms with van der Waals surface area (Å²) in [6, 6.07) is 2.46. The standard InChI is InChI=1S/C18H26N6O/c1-3-14-13-9-24(5-4-15(13)23-22-14)18-8-16(11-6-12(19)7-11)20-17(21-18)10-25-2/h8,11-12H,3-7,9-10,19H2,1-2H3,(H,22,23). The molecule has 7 heteroatoms. The predicted molar refractivity (Wildman–Crippen MR) is 95.4 cm³/mol. The number of hydrogen-bond donors (Lipinski definition) is 2. The highest BCUT2D eigenvalue weighted by Crippen LogP contribution is 2.36. The first-order valence-electron chi connectivity index (χ1n) is 9.10. The fourth-order valence-electron chi connectivity index (χ4n) is 3.81. The molecule has 1 aliphatic carbocycles. The van der Waals surface area contributed by atoms with Gasteiger partial charge in [-0.25, -0.2) is 9.97 Å². The number of aryl methyl sites for hydroxylation is 1. The zero-order valence-electron chi connectivity index (χ0n) is 15.0. The highest BCUT2D eigenvalue weighted by molar-refractivity contribution is 5.45. The lowest BCUT2D eigenvalue weighted by Crippen LogP contribution is -2.36. The van der Waals surface area contributed by atoms with Crippen molar-refractivity contribution in [1.29, 1.82) is 0 Å². The Morgan fingerprint density at radius 3 is 2.92 bits per heavy atom. The summed E-state index contributed by atoms with van der Waals surface area (Å²) < 4.78 is 5.27. The number of nitrogens with zero attached hydrogens (tertiary/aromatic N) is 4. The normalized spacial score (nSPS) is 22.6. The van der Waals surface area contributed by atoms with E-state index in [1.54, 1.807) is 7.11 Å². The lowest BCUT2D eigenvalue weighted by molar-refractivity contribution is 0.177.